The highest BCUT2D eigenvalue weighted by Gasteiger charge is 2.31. The summed E-state index contributed by atoms with van der Waals surface area (Å²) in [5, 5.41) is 3.95. The van der Waals surface area contributed by atoms with Crippen LogP contribution in [0.25, 0.3) is 0 Å². The van der Waals surface area contributed by atoms with E-state index in [1.165, 1.54) is 19.3 Å². The third-order valence-electron chi connectivity index (χ3n) is 3.01. The lowest BCUT2D eigenvalue weighted by molar-refractivity contribution is 0.180. The molecule has 3 heteroatoms. The molecule has 1 N–H and O–H groups in total. The molecule has 1 aromatic heterocycles. The van der Waals surface area contributed by atoms with Gasteiger partial charge in [-0.05, 0) is 30.4 Å². The molecular weight excluding hydrogens is 196 g/mol. The van der Waals surface area contributed by atoms with Gasteiger partial charge in [0.25, 0.3) is 0 Å². The second kappa shape index (κ2) is 3.77. The number of nitrogens with zero attached hydrogens (tertiary/aromatic N) is 1. The Labute approximate surface area is 89.7 Å². The van der Waals surface area contributed by atoms with Crippen LogP contribution in [-0.2, 0) is 0 Å². The molecule has 1 aromatic rings. The summed E-state index contributed by atoms with van der Waals surface area (Å²) >= 11 is 5.79. The van der Waals surface area contributed by atoms with Crippen molar-refractivity contribution in [1.29, 1.82) is 0 Å². The van der Waals surface area contributed by atoms with Crippen LogP contribution in [0.4, 0.5) is 5.69 Å². The van der Waals surface area contributed by atoms with E-state index in [1.54, 1.807) is 6.20 Å². The highest BCUT2D eigenvalue weighted by atomic mass is 35.5. The van der Waals surface area contributed by atoms with Gasteiger partial charge in [0.15, 0.2) is 0 Å². The zero-order valence-electron chi connectivity index (χ0n) is 8.39. The van der Waals surface area contributed by atoms with Crippen LogP contribution in [0, 0.1) is 5.41 Å². The summed E-state index contributed by atoms with van der Waals surface area (Å²) in [6.45, 7) is 3.36. The first-order chi connectivity index (χ1) is 6.68. The lowest BCUT2D eigenvalue weighted by atomic mass is 9.70. The fraction of sp³-hybridized carbons (Fsp3) is 0.545. The molecule has 0 unspecified atom stereocenters. The van der Waals surface area contributed by atoms with E-state index in [0.29, 0.717) is 10.6 Å². The molecule has 1 saturated carbocycles. The predicted molar refractivity (Wildman–Crippen MR) is 59.7 cm³/mol. The van der Waals surface area contributed by atoms with Gasteiger partial charge in [0.2, 0.25) is 0 Å². The molecule has 0 radical (unpaired) electrons. The Balaban J connectivity index is 1.91. The fourth-order valence-electron chi connectivity index (χ4n) is 1.78. The van der Waals surface area contributed by atoms with Crippen molar-refractivity contribution in [3.63, 3.8) is 0 Å². The topological polar surface area (TPSA) is 24.9 Å². The van der Waals surface area contributed by atoms with Crippen molar-refractivity contribution in [3.8, 4) is 0 Å². The summed E-state index contributed by atoms with van der Waals surface area (Å²) < 4.78 is 0. The minimum Gasteiger partial charge on any atom is -0.384 e. The first-order valence-electron chi connectivity index (χ1n) is 5.03. The molecule has 0 aromatic carbocycles. The molecule has 1 heterocycles. The molecule has 0 aliphatic heterocycles. The van der Waals surface area contributed by atoms with E-state index in [0.717, 1.165) is 12.2 Å². The van der Waals surface area contributed by atoms with Crippen molar-refractivity contribution >= 4 is 17.3 Å². The quantitative estimate of drug-likeness (QED) is 0.775. The minimum absolute atomic E-state index is 0.496. The van der Waals surface area contributed by atoms with E-state index < -0.39 is 0 Å². The van der Waals surface area contributed by atoms with E-state index >= 15 is 0 Å². The van der Waals surface area contributed by atoms with Crippen LogP contribution >= 0.6 is 11.6 Å². The Morgan fingerprint density at radius 3 is 2.93 bits per heavy atom. The summed E-state index contributed by atoms with van der Waals surface area (Å²) in [4.78, 5) is 3.94. The maximum atomic E-state index is 5.79. The van der Waals surface area contributed by atoms with Gasteiger partial charge in [0, 0.05) is 18.4 Å². The summed E-state index contributed by atoms with van der Waals surface area (Å²) in [6.07, 6.45) is 5.76. The molecule has 0 atom stereocenters. The minimum atomic E-state index is 0.496. The molecular formula is C11H15ClN2. The normalized spacial score (nSPS) is 18.7. The molecule has 1 fully saturated rings. The zero-order chi connectivity index (χ0) is 10.0. The van der Waals surface area contributed by atoms with Gasteiger partial charge in [-0.25, -0.2) is 4.98 Å². The van der Waals surface area contributed by atoms with Crippen LogP contribution in [-0.4, -0.2) is 11.5 Å². The maximum Gasteiger partial charge on any atom is 0.131 e. The van der Waals surface area contributed by atoms with Crippen LogP contribution in [0.3, 0.4) is 0 Å². The van der Waals surface area contributed by atoms with Crippen LogP contribution in [0.5, 0.6) is 0 Å². The first-order valence-corrected chi connectivity index (χ1v) is 5.41. The van der Waals surface area contributed by atoms with Crippen molar-refractivity contribution in [2.75, 3.05) is 11.9 Å². The average molecular weight is 211 g/mol. The second-order valence-corrected chi connectivity index (χ2v) is 4.77. The van der Waals surface area contributed by atoms with E-state index in [-0.39, 0.29) is 0 Å². The van der Waals surface area contributed by atoms with Gasteiger partial charge >= 0.3 is 0 Å². The SMILES string of the molecule is CC1(CNc2ccnc(Cl)c2)CCC1. The number of anilines is 1. The predicted octanol–water partition coefficient (Wildman–Crippen LogP) is 3.34. The third-order valence-corrected chi connectivity index (χ3v) is 3.21. The molecule has 2 rings (SSSR count). The fourth-order valence-corrected chi connectivity index (χ4v) is 1.96. The number of pyridine rings is 1. The molecule has 0 spiro atoms. The van der Waals surface area contributed by atoms with E-state index in [2.05, 4.69) is 17.2 Å². The van der Waals surface area contributed by atoms with Gasteiger partial charge in [-0.3, -0.25) is 0 Å². The first kappa shape index (κ1) is 9.78. The molecule has 1 aliphatic rings. The Morgan fingerprint density at radius 2 is 2.36 bits per heavy atom. The van der Waals surface area contributed by atoms with E-state index in [4.69, 9.17) is 11.6 Å². The Morgan fingerprint density at radius 1 is 1.57 bits per heavy atom. The lowest BCUT2D eigenvalue weighted by Crippen LogP contribution is -2.33. The summed E-state index contributed by atoms with van der Waals surface area (Å²) in [7, 11) is 0. The number of aromatic nitrogens is 1. The monoisotopic (exact) mass is 210 g/mol. The largest absolute Gasteiger partial charge is 0.384 e. The van der Waals surface area contributed by atoms with E-state index in [1.807, 2.05) is 12.1 Å². The number of hydrogen-bond donors (Lipinski definition) is 1. The van der Waals surface area contributed by atoms with Gasteiger partial charge in [0.1, 0.15) is 5.15 Å². The van der Waals surface area contributed by atoms with Gasteiger partial charge in [-0.1, -0.05) is 24.9 Å². The van der Waals surface area contributed by atoms with Gasteiger partial charge < -0.3 is 5.32 Å². The van der Waals surface area contributed by atoms with Crippen molar-refractivity contribution < 1.29 is 0 Å². The van der Waals surface area contributed by atoms with E-state index in [9.17, 15) is 0 Å². The molecule has 0 bridgehead atoms. The van der Waals surface area contributed by atoms with Crippen LogP contribution < -0.4 is 5.32 Å². The van der Waals surface area contributed by atoms with Gasteiger partial charge in [-0.2, -0.15) is 0 Å². The third kappa shape index (κ3) is 2.18. The van der Waals surface area contributed by atoms with Crippen molar-refractivity contribution in [1.82, 2.24) is 4.98 Å². The molecule has 76 valence electrons. The molecule has 0 amide bonds. The standard InChI is InChI=1S/C11H15ClN2/c1-11(4-2-5-11)8-14-9-3-6-13-10(12)7-9/h3,6-7H,2,4-5,8H2,1H3,(H,13,14). The number of nitrogens with one attached hydrogen (secondary N) is 1. The molecule has 14 heavy (non-hydrogen) atoms. The number of hydrogen-bond acceptors (Lipinski definition) is 2. The highest BCUT2D eigenvalue weighted by molar-refractivity contribution is 6.29. The number of rotatable bonds is 3. The molecule has 2 nitrogen and oxygen atoms in total. The zero-order valence-corrected chi connectivity index (χ0v) is 9.14. The Hall–Kier alpha value is -0.760. The molecule has 1 aliphatic carbocycles. The van der Waals surface area contributed by atoms with Crippen molar-refractivity contribution in [2.24, 2.45) is 5.41 Å². The van der Waals surface area contributed by atoms with Crippen LogP contribution in [0.15, 0.2) is 18.3 Å². The summed E-state index contributed by atoms with van der Waals surface area (Å²) in [6, 6.07) is 3.82. The number of halogens is 1. The maximum absolute atomic E-state index is 5.79. The summed E-state index contributed by atoms with van der Waals surface area (Å²) in [5.41, 5.74) is 1.56. The van der Waals surface area contributed by atoms with Crippen molar-refractivity contribution in [2.45, 2.75) is 26.2 Å². The highest BCUT2D eigenvalue weighted by Crippen LogP contribution is 2.40. The van der Waals surface area contributed by atoms with Gasteiger partial charge in [-0.15, -0.1) is 0 Å². The lowest BCUT2D eigenvalue weighted by Gasteiger charge is -2.38. The van der Waals surface area contributed by atoms with Crippen LogP contribution in [0.2, 0.25) is 5.15 Å². The summed E-state index contributed by atoms with van der Waals surface area (Å²) in [5.74, 6) is 0. The smallest absolute Gasteiger partial charge is 0.131 e. The Kier molecular flexibility index (Phi) is 2.64. The molecule has 0 saturated heterocycles. The van der Waals surface area contributed by atoms with Gasteiger partial charge in [0.05, 0.1) is 0 Å². The van der Waals surface area contributed by atoms with Crippen molar-refractivity contribution in [3.05, 3.63) is 23.5 Å². The average Bonchev–Trinajstić information content (AvgIpc) is 2.12. The van der Waals surface area contributed by atoms with Crippen LogP contribution in [0.1, 0.15) is 26.2 Å². The Bertz CT molecular complexity index is 321. The second-order valence-electron chi connectivity index (χ2n) is 4.39.